The lowest BCUT2D eigenvalue weighted by molar-refractivity contribution is 0.374. The third kappa shape index (κ3) is 4.43. The number of sulfonamides is 1. The van der Waals surface area contributed by atoms with E-state index < -0.39 is 10.0 Å². The number of hydrogen-bond acceptors (Lipinski definition) is 6. The molecule has 0 aliphatic carbocycles. The SMILES string of the molecule is COc1ccc(Br)cc1S(=O)(=O)N1CCN(c2nc(-c3cccc(Br)c3)cs2)CC1. The van der Waals surface area contributed by atoms with Crippen LogP contribution in [-0.2, 0) is 10.0 Å². The number of thiazole rings is 1. The molecule has 158 valence electrons. The summed E-state index contributed by atoms with van der Waals surface area (Å²) in [4.78, 5) is 7.07. The highest BCUT2D eigenvalue weighted by Gasteiger charge is 2.31. The molecule has 0 saturated carbocycles. The van der Waals surface area contributed by atoms with E-state index >= 15 is 0 Å². The van der Waals surface area contributed by atoms with Crippen molar-refractivity contribution in [1.29, 1.82) is 0 Å². The minimum atomic E-state index is -3.65. The van der Waals surface area contributed by atoms with Crippen LogP contribution in [0.5, 0.6) is 5.75 Å². The van der Waals surface area contributed by atoms with Crippen molar-refractivity contribution in [3.63, 3.8) is 0 Å². The standard InChI is InChI=1S/C20H19Br2N3O3S2/c1-28-18-6-5-16(22)12-19(18)30(26,27)25-9-7-24(8-10-25)20-23-17(13-29-20)14-3-2-4-15(21)11-14/h2-6,11-13H,7-10H2,1H3. The van der Waals surface area contributed by atoms with Crippen molar-refractivity contribution < 1.29 is 13.2 Å². The van der Waals surface area contributed by atoms with Gasteiger partial charge in [0.25, 0.3) is 0 Å². The summed E-state index contributed by atoms with van der Waals surface area (Å²) in [5.74, 6) is 0.346. The number of rotatable bonds is 5. The van der Waals surface area contributed by atoms with Gasteiger partial charge in [-0.05, 0) is 30.3 Å². The Morgan fingerprint density at radius 1 is 1.03 bits per heavy atom. The molecule has 0 amide bonds. The second-order valence-corrected chi connectivity index (χ2v) is 11.3. The Labute approximate surface area is 196 Å². The Hall–Kier alpha value is -1.46. The first-order chi connectivity index (χ1) is 14.4. The number of ether oxygens (including phenoxy) is 1. The van der Waals surface area contributed by atoms with Gasteiger partial charge >= 0.3 is 0 Å². The fourth-order valence-corrected chi connectivity index (χ4v) is 6.70. The van der Waals surface area contributed by atoms with E-state index in [1.165, 1.54) is 11.4 Å². The molecule has 0 atom stereocenters. The van der Waals surface area contributed by atoms with E-state index in [1.54, 1.807) is 29.5 Å². The summed E-state index contributed by atoms with van der Waals surface area (Å²) in [6.45, 7) is 1.95. The molecular formula is C20H19Br2N3O3S2. The molecule has 6 nitrogen and oxygen atoms in total. The number of halogens is 2. The molecule has 30 heavy (non-hydrogen) atoms. The van der Waals surface area contributed by atoms with Gasteiger partial charge in [0.2, 0.25) is 10.0 Å². The lowest BCUT2D eigenvalue weighted by atomic mass is 10.2. The maximum atomic E-state index is 13.2. The summed E-state index contributed by atoms with van der Waals surface area (Å²) < 4.78 is 34.8. The highest BCUT2D eigenvalue weighted by Crippen LogP contribution is 2.32. The molecule has 1 aromatic heterocycles. The maximum absolute atomic E-state index is 13.2. The van der Waals surface area contributed by atoms with Crippen LogP contribution in [0, 0.1) is 0 Å². The summed E-state index contributed by atoms with van der Waals surface area (Å²) in [5.41, 5.74) is 1.97. The van der Waals surface area contributed by atoms with E-state index in [4.69, 9.17) is 9.72 Å². The smallest absolute Gasteiger partial charge is 0.246 e. The molecule has 2 aromatic carbocycles. The fourth-order valence-electron chi connectivity index (χ4n) is 3.30. The van der Waals surface area contributed by atoms with Gasteiger partial charge in [0, 0.05) is 46.1 Å². The van der Waals surface area contributed by atoms with Gasteiger partial charge in [0.05, 0.1) is 12.8 Å². The third-order valence-electron chi connectivity index (χ3n) is 4.87. The normalized spacial score (nSPS) is 15.4. The van der Waals surface area contributed by atoms with Crippen LogP contribution in [-0.4, -0.2) is 51.0 Å². The molecule has 1 saturated heterocycles. The van der Waals surface area contributed by atoms with Gasteiger partial charge in [-0.1, -0.05) is 44.0 Å². The number of benzene rings is 2. The maximum Gasteiger partial charge on any atom is 0.246 e. The Morgan fingerprint density at radius 3 is 2.47 bits per heavy atom. The second-order valence-electron chi connectivity index (χ2n) is 6.71. The molecule has 1 aliphatic heterocycles. The average molecular weight is 573 g/mol. The second kappa shape index (κ2) is 8.96. The van der Waals surface area contributed by atoms with E-state index in [1.807, 2.05) is 29.6 Å². The largest absolute Gasteiger partial charge is 0.495 e. The van der Waals surface area contributed by atoms with Crippen molar-refractivity contribution in [2.24, 2.45) is 0 Å². The molecule has 1 fully saturated rings. The molecule has 0 radical (unpaired) electrons. The fraction of sp³-hybridized carbons (Fsp3) is 0.250. The molecule has 0 bridgehead atoms. The van der Waals surface area contributed by atoms with Gasteiger partial charge in [-0.25, -0.2) is 13.4 Å². The molecule has 0 N–H and O–H groups in total. The summed E-state index contributed by atoms with van der Waals surface area (Å²) in [6, 6.07) is 13.0. The highest BCUT2D eigenvalue weighted by atomic mass is 79.9. The molecule has 0 unspecified atom stereocenters. The van der Waals surface area contributed by atoms with Gasteiger partial charge < -0.3 is 9.64 Å². The van der Waals surface area contributed by atoms with Crippen LogP contribution in [0.3, 0.4) is 0 Å². The summed E-state index contributed by atoms with van der Waals surface area (Å²) in [5, 5.41) is 2.94. The minimum Gasteiger partial charge on any atom is -0.495 e. The van der Waals surface area contributed by atoms with Gasteiger partial charge in [-0.2, -0.15) is 4.31 Å². The Morgan fingerprint density at radius 2 is 1.77 bits per heavy atom. The van der Waals surface area contributed by atoms with Gasteiger partial charge in [-0.3, -0.25) is 0 Å². The average Bonchev–Trinajstić information content (AvgIpc) is 3.24. The van der Waals surface area contributed by atoms with Crippen LogP contribution in [0.15, 0.2) is 61.7 Å². The van der Waals surface area contributed by atoms with Crippen LogP contribution < -0.4 is 9.64 Å². The number of methoxy groups -OCH3 is 1. The summed E-state index contributed by atoms with van der Waals surface area (Å²) in [6.07, 6.45) is 0. The zero-order valence-electron chi connectivity index (χ0n) is 16.1. The Balaban J connectivity index is 1.49. The van der Waals surface area contributed by atoms with Gasteiger partial charge in [0.1, 0.15) is 10.6 Å². The predicted octanol–water partition coefficient (Wildman–Crippen LogP) is 4.85. The summed E-state index contributed by atoms with van der Waals surface area (Å²) >= 11 is 8.42. The van der Waals surface area contributed by atoms with E-state index in [-0.39, 0.29) is 4.90 Å². The predicted molar refractivity (Wildman–Crippen MR) is 127 cm³/mol. The number of piperazine rings is 1. The lowest BCUT2D eigenvalue weighted by Crippen LogP contribution is -2.48. The van der Waals surface area contributed by atoms with Crippen LogP contribution in [0.2, 0.25) is 0 Å². The van der Waals surface area contributed by atoms with Crippen LogP contribution in [0.1, 0.15) is 0 Å². The quantitative estimate of drug-likeness (QED) is 0.437. The first kappa shape index (κ1) is 21.8. The summed E-state index contributed by atoms with van der Waals surface area (Å²) in [7, 11) is -2.17. The first-order valence-corrected chi connectivity index (χ1v) is 13.1. The number of aromatic nitrogens is 1. The van der Waals surface area contributed by atoms with Crippen LogP contribution in [0.4, 0.5) is 5.13 Å². The molecule has 10 heteroatoms. The number of nitrogens with zero attached hydrogens (tertiary/aromatic N) is 3. The molecule has 3 aromatic rings. The Bertz CT molecular complexity index is 1160. The first-order valence-electron chi connectivity index (χ1n) is 9.18. The number of hydrogen-bond donors (Lipinski definition) is 0. The van der Waals surface area contributed by atoms with E-state index in [0.717, 1.165) is 20.9 Å². The third-order valence-corrected chi connectivity index (χ3v) is 8.67. The number of anilines is 1. The van der Waals surface area contributed by atoms with Gasteiger partial charge in [-0.15, -0.1) is 11.3 Å². The molecular weight excluding hydrogens is 554 g/mol. The molecule has 1 aliphatic rings. The Kier molecular flexibility index (Phi) is 6.50. The van der Waals surface area contributed by atoms with E-state index in [2.05, 4.69) is 36.8 Å². The zero-order valence-corrected chi connectivity index (χ0v) is 20.9. The van der Waals surface area contributed by atoms with Crippen molar-refractivity contribution in [3.05, 3.63) is 56.8 Å². The zero-order chi connectivity index (χ0) is 21.3. The lowest BCUT2D eigenvalue weighted by Gasteiger charge is -2.34. The minimum absolute atomic E-state index is 0.180. The van der Waals surface area contributed by atoms with Gasteiger partial charge in [0.15, 0.2) is 5.13 Å². The van der Waals surface area contributed by atoms with E-state index in [0.29, 0.717) is 36.4 Å². The van der Waals surface area contributed by atoms with E-state index in [9.17, 15) is 8.42 Å². The van der Waals surface area contributed by atoms with Crippen molar-refractivity contribution in [2.45, 2.75) is 4.90 Å². The van der Waals surface area contributed by atoms with Crippen molar-refractivity contribution in [1.82, 2.24) is 9.29 Å². The molecule has 4 rings (SSSR count). The molecule has 0 spiro atoms. The van der Waals surface area contributed by atoms with Crippen molar-refractivity contribution in [3.8, 4) is 17.0 Å². The van der Waals surface area contributed by atoms with Crippen molar-refractivity contribution in [2.75, 3.05) is 38.2 Å². The monoisotopic (exact) mass is 571 g/mol. The van der Waals surface area contributed by atoms with Crippen LogP contribution in [0.25, 0.3) is 11.3 Å². The van der Waals surface area contributed by atoms with Crippen LogP contribution >= 0.6 is 43.2 Å². The topological polar surface area (TPSA) is 62.7 Å². The molecule has 2 heterocycles. The highest BCUT2D eigenvalue weighted by molar-refractivity contribution is 9.10. The van der Waals surface area contributed by atoms with Crippen molar-refractivity contribution >= 4 is 58.4 Å².